The summed E-state index contributed by atoms with van der Waals surface area (Å²) in [4.78, 5) is 16.8. The van der Waals surface area contributed by atoms with Gasteiger partial charge in [0, 0.05) is 24.5 Å². The van der Waals surface area contributed by atoms with Crippen molar-refractivity contribution in [3.05, 3.63) is 94.8 Å². The molecule has 0 spiro atoms. The van der Waals surface area contributed by atoms with Crippen molar-refractivity contribution in [1.29, 1.82) is 0 Å². The highest BCUT2D eigenvalue weighted by Gasteiger charge is 2.29. The number of hydrogen-bond donors (Lipinski definition) is 1. The van der Waals surface area contributed by atoms with E-state index in [1.165, 1.54) is 10.5 Å². The molecule has 0 aliphatic carbocycles. The summed E-state index contributed by atoms with van der Waals surface area (Å²) in [6, 6.07) is 16.8. The molecule has 3 aromatic rings. The maximum absolute atomic E-state index is 13.6. The van der Waals surface area contributed by atoms with Crippen LogP contribution >= 0.6 is 0 Å². The van der Waals surface area contributed by atoms with Crippen molar-refractivity contribution in [3.8, 4) is 0 Å². The fourth-order valence-electron chi connectivity index (χ4n) is 3.71. The average molecular weight is 465 g/mol. The summed E-state index contributed by atoms with van der Waals surface area (Å²) >= 11 is 0. The van der Waals surface area contributed by atoms with E-state index in [1.54, 1.807) is 38.4 Å². The topological polar surface area (TPSA) is 91.7 Å². The van der Waals surface area contributed by atoms with Crippen LogP contribution in [0.3, 0.4) is 0 Å². The zero-order valence-corrected chi connectivity index (χ0v) is 19.8. The van der Waals surface area contributed by atoms with E-state index in [-0.39, 0.29) is 18.0 Å². The van der Waals surface area contributed by atoms with Gasteiger partial charge in [-0.15, -0.1) is 0 Å². The first-order valence-electron chi connectivity index (χ1n) is 10.6. The van der Waals surface area contributed by atoms with Crippen LogP contribution in [0.25, 0.3) is 0 Å². The molecule has 0 radical (unpaired) electrons. The van der Waals surface area contributed by atoms with E-state index in [9.17, 15) is 13.2 Å². The molecule has 0 unspecified atom stereocenters. The normalized spacial score (nSPS) is 11.8. The van der Waals surface area contributed by atoms with Crippen LogP contribution in [0.1, 0.15) is 27.8 Å². The number of aromatic nitrogens is 1. The molecule has 8 heteroatoms. The van der Waals surface area contributed by atoms with E-state index in [2.05, 4.69) is 15.5 Å². The van der Waals surface area contributed by atoms with E-state index in [0.717, 1.165) is 16.7 Å². The molecule has 172 valence electrons. The highest BCUT2D eigenvalue weighted by atomic mass is 32.2. The average Bonchev–Trinajstić information content (AvgIpc) is 2.77. The molecular formula is C25H28N4O3S. The smallest absolute Gasteiger partial charge is 0.255 e. The van der Waals surface area contributed by atoms with Crippen molar-refractivity contribution >= 4 is 22.1 Å². The molecule has 33 heavy (non-hydrogen) atoms. The summed E-state index contributed by atoms with van der Waals surface area (Å²) < 4.78 is 28.5. The van der Waals surface area contributed by atoms with Gasteiger partial charge in [0.1, 0.15) is 0 Å². The number of amides is 1. The molecule has 1 aromatic heterocycles. The molecule has 2 aromatic carbocycles. The molecule has 0 atom stereocenters. The number of nitrogens with zero attached hydrogens (tertiary/aromatic N) is 3. The van der Waals surface area contributed by atoms with Crippen molar-refractivity contribution < 1.29 is 13.2 Å². The summed E-state index contributed by atoms with van der Waals surface area (Å²) in [5.74, 6) is -0.519. The van der Waals surface area contributed by atoms with Gasteiger partial charge in [-0.1, -0.05) is 54.1 Å². The largest absolute Gasteiger partial charge is 0.272 e. The van der Waals surface area contributed by atoms with Crippen LogP contribution in [-0.2, 0) is 21.2 Å². The van der Waals surface area contributed by atoms with E-state index in [0.29, 0.717) is 17.5 Å². The van der Waals surface area contributed by atoms with E-state index < -0.39 is 15.9 Å². The van der Waals surface area contributed by atoms with E-state index >= 15 is 0 Å². The molecule has 3 rings (SSSR count). The molecule has 7 nitrogen and oxygen atoms in total. The van der Waals surface area contributed by atoms with Gasteiger partial charge in [-0.3, -0.25) is 9.78 Å². The zero-order valence-electron chi connectivity index (χ0n) is 19.0. The fourth-order valence-corrected chi connectivity index (χ4v) is 5.52. The van der Waals surface area contributed by atoms with Crippen LogP contribution in [0.15, 0.2) is 77.0 Å². The first-order chi connectivity index (χ1) is 15.8. The van der Waals surface area contributed by atoms with Gasteiger partial charge in [-0.25, -0.2) is 13.8 Å². The Morgan fingerprint density at radius 1 is 1.06 bits per heavy atom. The predicted molar refractivity (Wildman–Crippen MR) is 130 cm³/mol. The lowest BCUT2D eigenvalue weighted by atomic mass is 10.1. The Balaban J connectivity index is 1.82. The first-order valence-corrected chi connectivity index (χ1v) is 12.1. The zero-order chi connectivity index (χ0) is 23.8. The van der Waals surface area contributed by atoms with Gasteiger partial charge < -0.3 is 0 Å². The van der Waals surface area contributed by atoms with Crippen molar-refractivity contribution in [2.45, 2.75) is 32.1 Å². The molecular weight excluding hydrogens is 436 g/mol. The van der Waals surface area contributed by atoms with Crippen LogP contribution in [0.4, 0.5) is 0 Å². The Bertz CT molecular complexity index is 1200. The van der Waals surface area contributed by atoms with Crippen molar-refractivity contribution in [2.75, 3.05) is 13.1 Å². The molecule has 0 fully saturated rings. The van der Waals surface area contributed by atoms with Crippen LogP contribution < -0.4 is 5.43 Å². The number of carbonyl (C=O) groups is 1. The minimum Gasteiger partial charge on any atom is -0.272 e. The van der Waals surface area contributed by atoms with Gasteiger partial charge in [-0.2, -0.15) is 9.41 Å². The second-order valence-electron chi connectivity index (χ2n) is 7.88. The lowest BCUT2D eigenvalue weighted by molar-refractivity contribution is -0.121. The Morgan fingerprint density at radius 2 is 1.76 bits per heavy atom. The molecule has 1 amide bonds. The Kier molecular flexibility index (Phi) is 8.08. The minimum absolute atomic E-state index is 0.166. The van der Waals surface area contributed by atoms with Crippen molar-refractivity contribution in [1.82, 2.24) is 14.7 Å². The number of hydrogen-bond acceptors (Lipinski definition) is 5. The van der Waals surface area contributed by atoms with Crippen LogP contribution in [-0.4, -0.2) is 42.9 Å². The number of hydrazone groups is 1. The summed E-state index contributed by atoms with van der Waals surface area (Å²) in [7, 11) is -3.91. The molecule has 0 aliphatic rings. The molecule has 1 N–H and O–H groups in total. The lowest BCUT2D eigenvalue weighted by Crippen LogP contribution is -2.41. The number of pyridine rings is 1. The predicted octanol–water partition coefficient (Wildman–Crippen LogP) is 3.39. The lowest BCUT2D eigenvalue weighted by Gasteiger charge is -2.24. The molecule has 0 saturated heterocycles. The van der Waals surface area contributed by atoms with Crippen LogP contribution in [0.2, 0.25) is 0 Å². The molecule has 1 heterocycles. The standard InChI is InChI=1S/C25H28N4O3S/c1-19-14-20(2)25(21(3)15-19)33(31,32)29(13-11-22-8-5-4-6-9-22)18-24(30)28-27-17-23-10-7-12-26-16-23/h4-10,12,14-17H,11,13,18H2,1-3H3,(H,28,30)/b27-17+. The monoisotopic (exact) mass is 464 g/mol. The molecule has 0 aliphatic heterocycles. The summed E-state index contributed by atoms with van der Waals surface area (Å²) in [6.07, 6.45) is 5.19. The van der Waals surface area contributed by atoms with Gasteiger partial charge in [-0.05, 0) is 49.9 Å². The third kappa shape index (κ3) is 6.57. The van der Waals surface area contributed by atoms with Crippen LogP contribution in [0, 0.1) is 20.8 Å². The first kappa shape index (κ1) is 24.3. The Labute approximate surface area is 195 Å². The maximum Gasteiger partial charge on any atom is 0.255 e. The highest BCUT2D eigenvalue weighted by molar-refractivity contribution is 7.89. The summed E-state index contributed by atoms with van der Waals surface area (Å²) in [6.45, 7) is 5.31. The number of aryl methyl sites for hydroxylation is 3. The van der Waals surface area contributed by atoms with Crippen LogP contribution in [0.5, 0.6) is 0 Å². The highest BCUT2D eigenvalue weighted by Crippen LogP contribution is 2.25. The van der Waals surface area contributed by atoms with Gasteiger partial charge in [0.05, 0.1) is 17.7 Å². The quantitative estimate of drug-likeness (QED) is 0.388. The number of carbonyl (C=O) groups excluding carboxylic acids is 1. The second kappa shape index (κ2) is 11.0. The van der Waals surface area contributed by atoms with E-state index in [4.69, 9.17) is 0 Å². The molecule has 0 bridgehead atoms. The SMILES string of the molecule is Cc1cc(C)c(S(=O)(=O)N(CCc2ccccc2)CC(=O)N/N=C/c2cccnc2)c(C)c1. The van der Waals surface area contributed by atoms with Gasteiger partial charge >= 0.3 is 0 Å². The van der Waals surface area contributed by atoms with Gasteiger partial charge in [0.25, 0.3) is 5.91 Å². The summed E-state index contributed by atoms with van der Waals surface area (Å²) in [5, 5.41) is 3.93. The summed E-state index contributed by atoms with van der Waals surface area (Å²) in [5.41, 5.74) is 6.44. The van der Waals surface area contributed by atoms with Gasteiger partial charge in [0.15, 0.2) is 0 Å². The second-order valence-corrected chi connectivity index (χ2v) is 9.76. The third-order valence-electron chi connectivity index (χ3n) is 5.10. The van der Waals surface area contributed by atoms with Crippen molar-refractivity contribution in [3.63, 3.8) is 0 Å². The van der Waals surface area contributed by atoms with E-state index in [1.807, 2.05) is 49.4 Å². The molecule has 0 saturated carbocycles. The number of benzene rings is 2. The Hall–Kier alpha value is -3.36. The van der Waals surface area contributed by atoms with Gasteiger partial charge in [0.2, 0.25) is 10.0 Å². The number of rotatable bonds is 9. The van der Waals surface area contributed by atoms with Crippen molar-refractivity contribution in [2.24, 2.45) is 5.10 Å². The maximum atomic E-state index is 13.6. The fraction of sp³-hybridized carbons (Fsp3) is 0.240. The third-order valence-corrected chi connectivity index (χ3v) is 7.25. The Morgan fingerprint density at radius 3 is 2.39 bits per heavy atom. The minimum atomic E-state index is -3.91. The number of sulfonamides is 1. The number of nitrogens with one attached hydrogen (secondary N) is 1.